The smallest absolute Gasteiger partial charge is 0.339 e. The van der Waals surface area contributed by atoms with E-state index >= 15 is 0 Å². The van der Waals surface area contributed by atoms with Crippen LogP contribution in [0, 0.1) is 5.92 Å². The van der Waals surface area contributed by atoms with Crippen molar-refractivity contribution in [2.45, 2.75) is 44.7 Å². The molecule has 0 unspecified atom stereocenters. The highest BCUT2D eigenvalue weighted by atomic mass is 35.5. The summed E-state index contributed by atoms with van der Waals surface area (Å²) in [7, 11) is 0. The number of carbonyl (C=O) groups is 2. The molecule has 0 aromatic carbocycles. The van der Waals surface area contributed by atoms with Gasteiger partial charge >= 0.3 is 5.97 Å². The highest BCUT2D eigenvalue weighted by molar-refractivity contribution is 5.97. The molecule has 1 fully saturated rings. The molecule has 1 aliphatic rings. The van der Waals surface area contributed by atoms with Crippen molar-refractivity contribution in [3.05, 3.63) is 35.9 Å². The van der Waals surface area contributed by atoms with Gasteiger partial charge in [0.15, 0.2) is 0 Å². The van der Waals surface area contributed by atoms with E-state index in [-0.39, 0.29) is 54.4 Å². The highest BCUT2D eigenvalue weighted by Gasteiger charge is 2.26. The Hall–Kier alpha value is -2.29. The number of rotatable bonds is 6. The van der Waals surface area contributed by atoms with Crippen LogP contribution in [0.25, 0.3) is 11.3 Å². The van der Waals surface area contributed by atoms with Gasteiger partial charge < -0.3 is 26.3 Å². The molecule has 2 aromatic heterocycles. The molecule has 1 atom stereocenters. The number of nitrogens with zero attached hydrogens (tertiary/aromatic N) is 1. The molecular weight excluding hydrogens is 419 g/mol. The molecule has 2 heterocycles. The largest absolute Gasteiger partial charge is 0.478 e. The van der Waals surface area contributed by atoms with E-state index in [9.17, 15) is 9.59 Å². The number of nitrogens with two attached hydrogens (primary N) is 2. The minimum absolute atomic E-state index is 0. The monoisotopic (exact) mass is 444 g/mol. The number of halogens is 2. The number of carbonyl (C=O) groups excluding carboxylic acids is 1. The summed E-state index contributed by atoms with van der Waals surface area (Å²) < 4.78 is 5.69. The molecule has 29 heavy (non-hydrogen) atoms. The van der Waals surface area contributed by atoms with Gasteiger partial charge in [-0.15, -0.1) is 24.8 Å². The third kappa shape index (κ3) is 5.85. The zero-order valence-electron chi connectivity index (χ0n) is 15.8. The van der Waals surface area contributed by atoms with Crippen molar-refractivity contribution in [2.24, 2.45) is 11.7 Å². The van der Waals surface area contributed by atoms with Crippen LogP contribution in [0.5, 0.6) is 0 Å². The van der Waals surface area contributed by atoms with Gasteiger partial charge in [-0.2, -0.15) is 0 Å². The maximum atomic E-state index is 12.3. The molecule has 0 radical (unpaired) electrons. The molecule has 0 saturated heterocycles. The lowest BCUT2D eigenvalue weighted by Gasteiger charge is -2.26. The van der Waals surface area contributed by atoms with Crippen molar-refractivity contribution < 1.29 is 19.1 Å². The van der Waals surface area contributed by atoms with E-state index < -0.39 is 12.0 Å². The molecular formula is C19H26Cl2N4O4. The summed E-state index contributed by atoms with van der Waals surface area (Å²) >= 11 is 0. The van der Waals surface area contributed by atoms with E-state index in [1.54, 1.807) is 12.1 Å². The minimum atomic E-state index is -1.16. The molecule has 160 valence electrons. The molecule has 10 heteroatoms. The van der Waals surface area contributed by atoms with Crippen LogP contribution in [-0.4, -0.2) is 28.0 Å². The van der Waals surface area contributed by atoms with Crippen molar-refractivity contribution in [3.8, 4) is 11.3 Å². The minimum Gasteiger partial charge on any atom is -0.478 e. The Labute approximate surface area is 181 Å². The number of carboxylic acids is 1. The fourth-order valence-electron chi connectivity index (χ4n) is 3.45. The number of hydrogen-bond donors (Lipinski definition) is 4. The summed E-state index contributed by atoms with van der Waals surface area (Å²) in [6, 6.07) is 2.86. The van der Waals surface area contributed by atoms with Crippen LogP contribution in [-0.2, 0) is 11.3 Å². The van der Waals surface area contributed by atoms with Crippen molar-refractivity contribution >= 4 is 42.4 Å². The predicted octanol–water partition coefficient (Wildman–Crippen LogP) is 2.99. The summed E-state index contributed by atoms with van der Waals surface area (Å²) in [5.74, 6) is -0.194. The molecule has 0 bridgehead atoms. The van der Waals surface area contributed by atoms with Gasteiger partial charge in [-0.25, -0.2) is 4.79 Å². The maximum absolute atomic E-state index is 12.3. The lowest BCUT2D eigenvalue weighted by atomic mass is 9.84. The summed E-state index contributed by atoms with van der Waals surface area (Å²) in [5, 5.41) is 11.9. The van der Waals surface area contributed by atoms with Gasteiger partial charge in [-0.1, -0.05) is 19.3 Å². The first-order chi connectivity index (χ1) is 13.0. The third-order valence-electron chi connectivity index (χ3n) is 5.04. The molecule has 6 N–H and O–H groups in total. The topological polar surface area (TPSA) is 144 Å². The van der Waals surface area contributed by atoms with E-state index in [2.05, 4.69) is 10.3 Å². The van der Waals surface area contributed by atoms with E-state index in [4.69, 9.17) is 21.0 Å². The average molecular weight is 445 g/mol. The lowest BCUT2D eigenvalue weighted by Crippen LogP contribution is -2.45. The van der Waals surface area contributed by atoms with Gasteiger partial charge in [-0.3, -0.25) is 9.78 Å². The Morgan fingerprint density at radius 1 is 1.21 bits per heavy atom. The SMILES string of the molecule is Cl.Cl.Nc1c(C(=O)O)cncc1-c1ccc(CNC(=O)[C@@H](N)C2CCCCC2)o1. The van der Waals surface area contributed by atoms with Crippen molar-refractivity contribution in [3.63, 3.8) is 0 Å². The van der Waals surface area contributed by atoms with Gasteiger partial charge in [0.1, 0.15) is 17.1 Å². The Balaban J connectivity index is 0.00000210. The number of pyridine rings is 1. The number of anilines is 1. The molecule has 1 saturated carbocycles. The number of carboxylic acid groups (broad SMARTS) is 1. The summed E-state index contributed by atoms with van der Waals surface area (Å²) in [4.78, 5) is 27.4. The number of nitrogens with one attached hydrogen (secondary N) is 1. The van der Waals surface area contributed by atoms with Crippen molar-refractivity contribution in [1.29, 1.82) is 0 Å². The number of hydrogen-bond acceptors (Lipinski definition) is 6. The van der Waals surface area contributed by atoms with Gasteiger partial charge in [0.05, 0.1) is 23.8 Å². The van der Waals surface area contributed by atoms with Crippen LogP contribution in [0.2, 0.25) is 0 Å². The van der Waals surface area contributed by atoms with E-state index in [0.717, 1.165) is 25.7 Å². The van der Waals surface area contributed by atoms with Crippen LogP contribution >= 0.6 is 24.8 Å². The van der Waals surface area contributed by atoms with E-state index in [0.29, 0.717) is 17.1 Å². The van der Waals surface area contributed by atoms with Crippen LogP contribution in [0.15, 0.2) is 28.9 Å². The fraction of sp³-hybridized carbons (Fsp3) is 0.421. The zero-order valence-corrected chi connectivity index (χ0v) is 17.4. The second-order valence-electron chi connectivity index (χ2n) is 6.86. The average Bonchev–Trinajstić information content (AvgIpc) is 3.15. The lowest BCUT2D eigenvalue weighted by molar-refractivity contribution is -0.124. The number of aromatic carboxylic acids is 1. The van der Waals surface area contributed by atoms with Gasteiger partial charge in [0, 0.05) is 12.4 Å². The van der Waals surface area contributed by atoms with Crippen LogP contribution in [0.3, 0.4) is 0 Å². The Morgan fingerprint density at radius 3 is 2.55 bits per heavy atom. The second-order valence-corrected chi connectivity index (χ2v) is 6.86. The molecule has 2 aromatic rings. The first-order valence-electron chi connectivity index (χ1n) is 9.06. The molecule has 1 amide bonds. The molecule has 3 rings (SSSR count). The van der Waals surface area contributed by atoms with Crippen LogP contribution in [0.1, 0.15) is 48.2 Å². The molecule has 8 nitrogen and oxygen atoms in total. The van der Waals surface area contributed by atoms with E-state index in [1.807, 2.05) is 0 Å². The first kappa shape index (κ1) is 24.7. The Kier molecular flexibility index (Phi) is 9.42. The van der Waals surface area contributed by atoms with Crippen molar-refractivity contribution in [2.75, 3.05) is 5.73 Å². The first-order valence-corrected chi connectivity index (χ1v) is 9.06. The summed E-state index contributed by atoms with van der Waals surface area (Å²) in [6.45, 7) is 0.200. The number of amides is 1. The predicted molar refractivity (Wildman–Crippen MR) is 114 cm³/mol. The van der Waals surface area contributed by atoms with Gasteiger partial charge in [0.2, 0.25) is 5.91 Å². The second kappa shape index (κ2) is 11.0. The Morgan fingerprint density at radius 2 is 1.90 bits per heavy atom. The summed E-state index contributed by atoms with van der Waals surface area (Å²) in [6.07, 6.45) is 8.08. The summed E-state index contributed by atoms with van der Waals surface area (Å²) in [5.41, 5.74) is 12.4. The zero-order chi connectivity index (χ0) is 19.4. The number of aromatic nitrogens is 1. The van der Waals surface area contributed by atoms with Crippen LogP contribution in [0.4, 0.5) is 5.69 Å². The normalized spacial score (nSPS) is 14.9. The highest BCUT2D eigenvalue weighted by Crippen LogP contribution is 2.29. The number of nitrogen functional groups attached to an aromatic ring is 1. The van der Waals surface area contributed by atoms with E-state index in [1.165, 1.54) is 18.8 Å². The van der Waals surface area contributed by atoms with Gasteiger partial charge in [-0.05, 0) is 30.9 Å². The molecule has 0 spiro atoms. The molecule has 0 aliphatic heterocycles. The standard InChI is InChI=1S/C19H24N4O4.2ClH/c20-16(11-4-2-1-3-5-11)18(24)23-8-12-6-7-15(27-12)13-9-22-10-14(17(13)21)19(25)26;;/h6-7,9-11,16H,1-5,8,20H2,(H2,21,22)(H,23,24)(H,25,26);2*1H/t16-;;/m0../s1. The number of furan rings is 1. The maximum Gasteiger partial charge on any atom is 0.339 e. The Bertz CT molecular complexity index is 837. The quantitative estimate of drug-likeness (QED) is 0.535. The van der Waals surface area contributed by atoms with Crippen LogP contribution < -0.4 is 16.8 Å². The molecule has 1 aliphatic carbocycles. The third-order valence-corrected chi connectivity index (χ3v) is 5.04. The van der Waals surface area contributed by atoms with Crippen molar-refractivity contribution in [1.82, 2.24) is 10.3 Å². The fourth-order valence-corrected chi connectivity index (χ4v) is 3.45. The van der Waals surface area contributed by atoms with Gasteiger partial charge in [0.25, 0.3) is 0 Å².